The second kappa shape index (κ2) is 8.91. The van der Waals surface area contributed by atoms with Crippen LogP contribution < -0.4 is 0 Å². The van der Waals surface area contributed by atoms with E-state index in [4.69, 9.17) is 12.2 Å². The highest BCUT2D eigenvalue weighted by Gasteiger charge is 2.27. The van der Waals surface area contributed by atoms with Crippen LogP contribution in [-0.4, -0.2) is 3.53 Å². The van der Waals surface area contributed by atoms with Gasteiger partial charge in [0.05, 0.1) is 0 Å². The molecule has 0 unspecified atom stereocenters. The molecular formula is C15H4F10S3. The van der Waals surface area contributed by atoms with Crippen LogP contribution >= 0.6 is 35.7 Å². The monoisotopic (exact) mass is 470 g/mol. The maximum Gasteiger partial charge on any atom is 0.200 e. The van der Waals surface area contributed by atoms with Crippen molar-refractivity contribution >= 4 is 39.3 Å². The number of thiocarbonyl (C=S) groups is 1. The summed E-state index contributed by atoms with van der Waals surface area (Å²) in [4.78, 5) is 0. The van der Waals surface area contributed by atoms with E-state index >= 15 is 0 Å². The molecule has 0 nitrogen and oxygen atoms in total. The van der Waals surface area contributed by atoms with Crippen molar-refractivity contribution in [1.29, 1.82) is 0 Å². The number of benzene rings is 2. The van der Waals surface area contributed by atoms with Crippen LogP contribution in [0.2, 0.25) is 0 Å². The summed E-state index contributed by atoms with van der Waals surface area (Å²) in [5, 5.41) is 0. The van der Waals surface area contributed by atoms with Crippen molar-refractivity contribution in [3.8, 4) is 0 Å². The van der Waals surface area contributed by atoms with E-state index in [2.05, 4.69) is 0 Å². The van der Waals surface area contributed by atoms with Crippen molar-refractivity contribution in [2.75, 3.05) is 0 Å². The standard InChI is InChI=1S/C15H4F10S3/c16-5-3(6(17)10(21)13(24)9(5)20)1-27-15(26)28-2-4-7(18)11(22)14(25)12(23)8(4)19/h1-2H2. The minimum Gasteiger partial charge on any atom is -0.203 e. The zero-order chi connectivity index (χ0) is 21.3. The molecule has 0 spiro atoms. The van der Waals surface area contributed by atoms with Gasteiger partial charge in [-0.25, -0.2) is 43.9 Å². The van der Waals surface area contributed by atoms with Crippen LogP contribution in [0.3, 0.4) is 0 Å². The van der Waals surface area contributed by atoms with Gasteiger partial charge in [0.1, 0.15) is 3.53 Å². The van der Waals surface area contributed by atoms with E-state index < -0.39 is 80.8 Å². The first kappa shape index (κ1) is 22.8. The number of halogens is 10. The second-order valence-corrected chi connectivity index (χ2v) is 8.08. The summed E-state index contributed by atoms with van der Waals surface area (Å²) in [7, 11) is 0. The van der Waals surface area contributed by atoms with Crippen LogP contribution in [0.5, 0.6) is 0 Å². The Balaban J connectivity index is 2.12. The van der Waals surface area contributed by atoms with E-state index in [1.165, 1.54) is 0 Å². The first-order valence-corrected chi connectivity index (χ1v) is 9.17. The Bertz CT molecular complexity index is 827. The highest BCUT2D eigenvalue weighted by atomic mass is 32.2. The molecule has 0 fully saturated rings. The smallest absolute Gasteiger partial charge is 0.200 e. The molecule has 0 aliphatic heterocycles. The first-order chi connectivity index (χ1) is 13.0. The van der Waals surface area contributed by atoms with Crippen molar-refractivity contribution in [2.45, 2.75) is 11.5 Å². The molecule has 0 bridgehead atoms. The maximum atomic E-state index is 13.5. The summed E-state index contributed by atoms with van der Waals surface area (Å²) in [5.74, 6) is -23.3. The highest BCUT2D eigenvalue weighted by Crippen LogP contribution is 2.32. The zero-order valence-corrected chi connectivity index (χ0v) is 15.4. The lowest BCUT2D eigenvalue weighted by Crippen LogP contribution is -2.07. The third-order valence-electron chi connectivity index (χ3n) is 3.27. The van der Waals surface area contributed by atoms with Gasteiger partial charge in [-0.05, 0) is 0 Å². The summed E-state index contributed by atoms with van der Waals surface area (Å²) >= 11 is 5.47. The molecule has 0 aromatic heterocycles. The minimum atomic E-state index is -2.34. The van der Waals surface area contributed by atoms with Crippen molar-refractivity contribution < 1.29 is 43.9 Å². The zero-order valence-electron chi connectivity index (χ0n) is 12.9. The van der Waals surface area contributed by atoms with Gasteiger partial charge in [-0.15, -0.1) is 23.5 Å². The average molecular weight is 470 g/mol. The SMILES string of the molecule is Fc1c(F)c(F)c(CSC(=S)SCc2c(F)c(F)c(F)c(F)c2F)c(F)c1F. The van der Waals surface area contributed by atoms with Crippen LogP contribution in [0.1, 0.15) is 11.1 Å². The lowest BCUT2D eigenvalue weighted by Gasteiger charge is -2.10. The number of thioether (sulfide) groups is 2. The van der Waals surface area contributed by atoms with Crippen LogP contribution in [0, 0.1) is 58.2 Å². The third kappa shape index (κ3) is 4.25. The van der Waals surface area contributed by atoms with Crippen LogP contribution in [0.15, 0.2) is 0 Å². The van der Waals surface area contributed by atoms with Crippen molar-refractivity contribution in [1.82, 2.24) is 0 Å². The maximum absolute atomic E-state index is 13.5. The van der Waals surface area contributed by atoms with Gasteiger partial charge in [0, 0.05) is 22.6 Å². The Morgan fingerprint density at radius 3 is 0.929 bits per heavy atom. The highest BCUT2D eigenvalue weighted by molar-refractivity contribution is 8.46. The summed E-state index contributed by atoms with van der Waals surface area (Å²) in [5.41, 5.74) is -2.36. The molecule has 2 aromatic rings. The molecule has 2 aromatic carbocycles. The number of rotatable bonds is 4. The molecule has 0 N–H and O–H groups in total. The van der Waals surface area contributed by atoms with Crippen LogP contribution in [0.4, 0.5) is 43.9 Å². The van der Waals surface area contributed by atoms with E-state index in [-0.39, 0.29) is 3.53 Å². The van der Waals surface area contributed by atoms with Crippen LogP contribution in [0.25, 0.3) is 0 Å². The Labute approximate surface area is 164 Å². The molecule has 13 heteroatoms. The van der Waals surface area contributed by atoms with Gasteiger partial charge in [0.15, 0.2) is 46.5 Å². The lowest BCUT2D eigenvalue weighted by atomic mass is 10.2. The number of hydrogen-bond acceptors (Lipinski definition) is 3. The van der Waals surface area contributed by atoms with E-state index in [9.17, 15) is 43.9 Å². The third-order valence-corrected chi connectivity index (χ3v) is 6.02. The number of hydrogen-bond donors (Lipinski definition) is 0. The van der Waals surface area contributed by atoms with E-state index in [0.717, 1.165) is 0 Å². The normalized spacial score (nSPS) is 11.2. The lowest BCUT2D eigenvalue weighted by molar-refractivity contribution is 0.372. The summed E-state index contributed by atoms with van der Waals surface area (Å²) in [6, 6.07) is 0. The predicted octanol–water partition coefficient (Wildman–Crippen LogP) is 6.53. The summed E-state index contributed by atoms with van der Waals surface area (Å²) in [6.07, 6.45) is 0. The van der Waals surface area contributed by atoms with Gasteiger partial charge in [0.2, 0.25) is 11.6 Å². The Morgan fingerprint density at radius 2 is 0.679 bits per heavy atom. The van der Waals surface area contributed by atoms with Crippen molar-refractivity contribution in [2.24, 2.45) is 0 Å². The average Bonchev–Trinajstić information content (AvgIpc) is 2.67. The summed E-state index contributed by atoms with van der Waals surface area (Å²) < 4.78 is 132. The molecule has 28 heavy (non-hydrogen) atoms. The molecule has 0 saturated carbocycles. The molecule has 0 amide bonds. The Morgan fingerprint density at radius 1 is 0.464 bits per heavy atom. The fourth-order valence-corrected chi connectivity index (χ4v) is 3.93. The molecule has 2 rings (SSSR count). The molecule has 0 atom stereocenters. The Kier molecular flexibility index (Phi) is 7.26. The van der Waals surface area contributed by atoms with Gasteiger partial charge in [-0.3, -0.25) is 0 Å². The van der Waals surface area contributed by atoms with Gasteiger partial charge >= 0.3 is 0 Å². The summed E-state index contributed by atoms with van der Waals surface area (Å²) in [6.45, 7) is 0. The largest absolute Gasteiger partial charge is 0.203 e. The van der Waals surface area contributed by atoms with Gasteiger partial charge in [-0.1, -0.05) is 12.2 Å². The van der Waals surface area contributed by atoms with Crippen LogP contribution in [-0.2, 0) is 11.5 Å². The molecule has 152 valence electrons. The fourth-order valence-electron chi connectivity index (χ4n) is 1.86. The second-order valence-electron chi connectivity index (χ2n) is 4.92. The minimum absolute atomic E-state index is 0.298. The first-order valence-electron chi connectivity index (χ1n) is 6.79. The van der Waals surface area contributed by atoms with E-state index in [1.807, 2.05) is 0 Å². The predicted molar refractivity (Wildman–Crippen MR) is 87.7 cm³/mol. The molecule has 0 heterocycles. The molecule has 0 aliphatic rings. The molecule has 0 radical (unpaired) electrons. The van der Waals surface area contributed by atoms with E-state index in [0.29, 0.717) is 23.5 Å². The quantitative estimate of drug-likeness (QED) is 0.216. The molecule has 0 aliphatic carbocycles. The van der Waals surface area contributed by atoms with E-state index in [1.54, 1.807) is 0 Å². The topological polar surface area (TPSA) is 0 Å². The molecule has 0 saturated heterocycles. The van der Waals surface area contributed by atoms with Gasteiger partial charge in [0.25, 0.3) is 0 Å². The van der Waals surface area contributed by atoms with Crippen molar-refractivity contribution in [3.05, 3.63) is 69.3 Å². The van der Waals surface area contributed by atoms with Gasteiger partial charge in [-0.2, -0.15) is 0 Å². The molecular weight excluding hydrogens is 466 g/mol. The van der Waals surface area contributed by atoms with Gasteiger partial charge < -0.3 is 0 Å². The fraction of sp³-hybridized carbons (Fsp3) is 0.133. The van der Waals surface area contributed by atoms with Crippen molar-refractivity contribution in [3.63, 3.8) is 0 Å². The Hall–Kier alpha value is -1.47.